The van der Waals surface area contributed by atoms with Gasteiger partial charge in [0.25, 0.3) is 5.91 Å². The molecule has 1 N–H and O–H groups in total. The molecule has 1 fully saturated rings. The summed E-state index contributed by atoms with van der Waals surface area (Å²) >= 11 is 0. The lowest BCUT2D eigenvalue weighted by molar-refractivity contribution is -0.133. The third kappa shape index (κ3) is 4.74. The van der Waals surface area contributed by atoms with Crippen molar-refractivity contribution in [2.45, 2.75) is 31.3 Å². The van der Waals surface area contributed by atoms with Crippen LogP contribution in [0.5, 0.6) is 0 Å². The van der Waals surface area contributed by atoms with Gasteiger partial charge in [-0.05, 0) is 30.5 Å². The minimum atomic E-state index is -0.376. The molecule has 0 radical (unpaired) electrons. The highest BCUT2D eigenvalue weighted by Crippen LogP contribution is 2.24. The quantitative estimate of drug-likeness (QED) is 0.686. The molecule has 0 bridgehead atoms. The molecule has 2 amide bonds. The van der Waals surface area contributed by atoms with Crippen molar-refractivity contribution in [1.29, 1.82) is 0 Å². The number of nitrogens with zero attached hydrogens (tertiary/aromatic N) is 4. The van der Waals surface area contributed by atoms with E-state index in [1.54, 1.807) is 18.3 Å². The molecule has 1 aromatic heterocycles. The number of hydrogen-bond donors (Lipinski definition) is 1. The van der Waals surface area contributed by atoms with Crippen molar-refractivity contribution in [2.75, 3.05) is 13.1 Å². The standard InChI is InChI=1S/C23H25N5O2/c29-22(27-14-11-20(12-15-27)28-16-13-24-26-28)17-21(18-7-3-1-4-8-18)25-23(30)19-9-5-2-6-10-19/h1-10,13,16,20-21H,11-12,14-15,17H2,(H,25,30). The Hall–Kier alpha value is -3.48. The van der Waals surface area contributed by atoms with Crippen molar-refractivity contribution in [3.8, 4) is 0 Å². The Kier molecular flexibility index (Phi) is 6.17. The first-order chi connectivity index (χ1) is 14.7. The summed E-state index contributed by atoms with van der Waals surface area (Å²) in [6.45, 7) is 1.36. The highest BCUT2D eigenvalue weighted by Gasteiger charge is 2.27. The van der Waals surface area contributed by atoms with Crippen LogP contribution >= 0.6 is 0 Å². The molecule has 0 spiro atoms. The van der Waals surface area contributed by atoms with E-state index < -0.39 is 0 Å². The van der Waals surface area contributed by atoms with Gasteiger partial charge >= 0.3 is 0 Å². The van der Waals surface area contributed by atoms with Crippen LogP contribution in [0.15, 0.2) is 73.1 Å². The van der Waals surface area contributed by atoms with E-state index in [2.05, 4.69) is 15.6 Å². The number of benzene rings is 2. The van der Waals surface area contributed by atoms with Gasteiger partial charge in [-0.1, -0.05) is 53.7 Å². The molecule has 1 saturated heterocycles. The number of aromatic nitrogens is 3. The van der Waals surface area contributed by atoms with Gasteiger partial charge in [-0.15, -0.1) is 5.10 Å². The lowest BCUT2D eigenvalue weighted by atomic mass is 10.0. The highest BCUT2D eigenvalue weighted by atomic mass is 16.2. The summed E-state index contributed by atoms with van der Waals surface area (Å²) < 4.78 is 1.87. The van der Waals surface area contributed by atoms with Gasteiger partial charge in [0.05, 0.1) is 24.7 Å². The fourth-order valence-electron chi connectivity index (χ4n) is 3.86. The predicted molar refractivity (Wildman–Crippen MR) is 113 cm³/mol. The molecular weight excluding hydrogens is 378 g/mol. The molecule has 1 aliphatic heterocycles. The van der Waals surface area contributed by atoms with Crippen LogP contribution in [0, 0.1) is 0 Å². The van der Waals surface area contributed by atoms with Crippen LogP contribution < -0.4 is 5.32 Å². The molecule has 7 heteroatoms. The predicted octanol–water partition coefficient (Wildman–Crippen LogP) is 3.00. The molecular formula is C23H25N5O2. The van der Waals surface area contributed by atoms with E-state index in [1.807, 2.05) is 64.3 Å². The van der Waals surface area contributed by atoms with Crippen LogP contribution in [0.1, 0.15) is 47.3 Å². The van der Waals surface area contributed by atoms with Crippen LogP contribution in [0.2, 0.25) is 0 Å². The normalized spacial score (nSPS) is 15.5. The van der Waals surface area contributed by atoms with Crippen molar-refractivity contribution in [3.63, 3.8) is 0 Å². The second-order valence-electron chi connectivity index (χ2n) is 7.50. The van der Waals surface area contributed by atoms with Gasteiger partial charge in [0.15, 0.2) is 0 Å². The number of carbonyl (C=O) groups is 2. The fourth-order valence-corrected chi connectivity index (χ4v) is 3.86. The van der Waals surface area contributed by atoms with Crippen LogP contribution in [0.3, 0.4) is 0 Å². The molecule has 2 heterocycles. The molecule has 30 heavy (non-hydrogen) atoms. The minimum Gasteiger partial charge on any atom is -0.345 e. The molecule has 2 aromatic carbocycles. The monoisotopic (exact) mass is 403 g/mol. The summed E-state index contributed by atoms with van der Waals surface area (Å²) in [5.41, 5.74) is 1.51. The molecule has 3 aromatic rings. The number of amides is 2. The third-order valence-electron chi connectivity index (χ3n) is 5.55. The second-order valence-corrected chi connectivity index (χ2v) is 7.50. The maximum absolute atomic E-state index is 13.0. The number of carbonyl (C=O) groups excluding carboxylic acids is 2. The summed E-state index contributed by atoms with van der Waals surface area (Å²) in [5, 5.41) is 11.0. The second kappa shape index (κ2) is 9.35. The van der Waals surface area contributed by atoms with E-state index in [0.717, 1.165) is 18.4 Å². The van der Waals surface area contributed by atoms with Gasteiger partial charge in [-0.2, -0.15) is 0 Å². The summed E-state index contributed by atoms with van der Waals surface area (Å²) in [7, 11) is 0. The smallest absolute Gasteiger partial charge is 0.251 e. The Labute approximate surface area is 175 Å². The number of piperidine rings is 1. The summed E-state index contributed by atoms with van der Waals surface area (Å²) in [6, 6.07) is 18.6. The summed E-state index contributed by atoms with van der Waals surface area (Å²) in [5.74, 6) is -0.128. The molecule has 0 saturated carbocycles. The van der Waals surface area contributed by atoms with Gasteiger partial charge in [-0.25, -0.2) is 4.68 Å². The first-order valence-corrected chi connectivity index (χ1v) is 10.2. The van der Waals surface area contributed by atoms with Gasteiger partial charge < -0.3 is 10.2 Å². The average molecular weight is 403 g/mol. The van der Waals surface area contributed by atoms with Crippen molar-refractivity contribution in [1.82, 2.24) is 25.2 Å². The summed E-state index contributed by atoms with van der Waals surface area (Å²) in [4.78, 5) is 27.6. The maximum atomic E-state index is 13.0. The zero-order valence-corrected chi connectivity index (χ0v) is 16.7. The first-order valence-electron chi connectivity index (χ1n) is 10.2. The molecule has 154 valence electrons. The Morgan fingerprint density at radius 2 is 1.67 bits per heavy atom. The van der Waals surface area contributed by atoms with Gasteiger partial charge in [-0.3, -0.25) is 9.59 Å². The zero-order chi connectivity index (χ0) is 20.8. The Morgan fingerprint density at radius 1 is 1.00 bits per heavy atom. The van der Waals surface area contributed by atoms with E-state index >= 15 is 0 Å². The molecule has 7 nitrogen and oxygen atoms in total. The first kappa shape index (κ1) is 19.8. The summed E-state index contributed by atoms with van der Waals surface area (Å²) in [6.07, 6.45) is 5.48. The Bertz CT molecular complexity index is 952. The number of likely N-dealkylation sites (tertiary alicyclic amines) is 1. The third-order valence-corrected chi connectivity index (χ3v) is 5.55. The van der Waals surface area contributed by atoms with Crippen LogP contribution in [0.25, 0.3) is 0 Å². The molecule has 1 unspecified atom stereocenters. The molecule has 4 rings (SSSR count). The van der Waals surface area contributed by atoms with Gasteiger partial charge in [0.2, 0.25) is 5.91 Å². The van der Waals surface area contributed by atoms with E-state index in [-0.39, 0.29) is 30.3 Å². The Balaban J connectivity index is 1.41. The highest BCUT2D eigenvalue weighted by molar-refractivity contribution is 5.94. The van der Waals surface area contributed by atoms with Crippen molar-refractivity contribution in [2.24, 2.45) is 0 Å². The van der Waals surface area contributed by atoms with Crippen LogP contribution in [0.4, 0.5) is 0 Å². The lowest BCUT2D eigenvalue weighted by Crippen LogP contribution is -2.41. The van der Waals surface area contributed by atoms with E-state index in [9.17, 15) is 9.59 Å². The van der Waals surface area contributed by atoms with Crippen molar-refractivity contribution >= 4 is 11.8 Å². The SMILES string of the molecule is O=C(NC(CC(=O)N1CCC(n2ccnn2)CC1)c1ccccc1)c1ccccc1. The van der Waals surface area contributed by atoms with E-state index in [1.165, 1.54) is 0 Å². The maximum Gasteiger partial charge on any atom is 0.251 e. The minimum absolute atomic E-state index is 0.0502. The fraction of sp³-hybridized carbons (Fsp3) is 0.304. The van der Waals surface area contributed by atoms with Crippen molar-refractivity contribution in [3.05, 3.63) is 84.2 Å². The molecule has 1 aliphatic rings. The van der Waals surface area contributed by atoms with Gasteiger partial charge in [0.1, 0.15) is 0 Å². The van der Waals surface area contributed by atoms with Crippen LogP contribution in [-0.2, 0) is 4.79 Å². The van der Waals surface area contributed by atoms with Gasteiger partial charge in [0, 0.05) is 24.8 Å². The number of rotatable bonds is 6. The number of hydrogen-bond acceptors (Lipinski definition) is 4. The largest absolute Gasteiger partial charge is 0.345 e. The Morgan fingerprint density at radius 3 is 2.30 bits per heavy atom. The lowest BCUT2D eigenvalue weighted by Gasteiger charge is -2.33. The van der Waals surface area contributed by atoms with E-state index in [4.69, 9.17) is 0 Å². The van der Waals surface area contributed by atoms with Crippen molar-refractivity contribution < 1.29 is 9.59 Å². The molecule has 0 aliphatic carbocycles. The van der Waals surface area contributed by atoms with E-state index in [0.29, 0.717) is 18.7 Å². The molecule has 1 atom stereocenters. The van der Waals surface area contributed by atoms with Crippen LogP contribution in [-0.4, -0.2) is 44.8 Å². The topological polar surface area (TPSA) is 80.1 Å². The average Bonchev–Trinajstić information content (AvgIpc) is 3.35. The number of nitrogens with one attached hydrogen (secondary N) is 1. The zero-order valence-electron chi connectivity index (χ0n) is 16.7.